The number of thiophene rings is 1. The monoisotopic (exact) mass is 578 g/mol. The molecule has 0 saturated heterocycles. The van der Waals surface area contributed by atoms with Gasteiger partial charge in [-0.15, -0.1) is 23.1 Å². The molecule has 3 aromatic rings. The maximum atomic E-state index is 13.1. The fraction of sp³-hybridized carbons (Fsp3) is 0.419. The molecule has 1 aliphatic heterocycles. The van der Waals surface area contributed by atoms with Crippen LogP contribution in [0.5, 0.6) is 5.75 Å². The third-order valence-corrected chi connectivity index (χ3v) is 9.28. The molecule has 0 spiro atoms. The number of ether oxygens (including phenoxy) is 1. The lowest BCUT2D eigenvalue weighted by atomic mass is 10.0. The van der Waals surface area contributed by atoms with Gasteiger partial charge in [0.25, 0.3) is 5.91 Å². The number of fused-ring (bicyclic) bond motifs is 1. The fourth-order valence-corrected chi connectivity index (χ4v) is 6.72. The van der Waals surface area contributed by atoms with Gasteiger partial charge in [-0.3, -0.25) is 9.69 Å². The number of thioether (sulfide) groups is 1. The number of methoxy groups -OCH3 is 1. The van der Waals surface area contributed by atoms with Crippen molar-refractivity contribution < 1.29 is 14.7 Å². The zero-order valence-electron chi connectivity index (χ0n) is 23.5. The number of aryl methyl sites for hydroxylation is 1. The van der Waals surface area contributed by atoms with E-state index in [1.54, 1.807) is 36.3 Å². The minimum absolute atomic E-state index is 0.0542. The van der Waals surface area contributed by atoms with Gasteiger partial charge in [-0.05, 0) is 85.5 Å². The normalized spacial score (nSPS) is 16.9. The second-order valence-corrected chi connectivity index (χ2v) is 12.5. The molecular formula is C31H38N4O3S2. The number of hydrogen-bond donors (Lipinski definition) is 2. The van der Waals surface area contributed by atoms with Crippen LogP contribution in [0.15, 0.2) is 53.4 Å². The third-order valence-electron chi connectivity index (χ3n) is 7.15. The number of benzene rings is 2. The van der Waals surface area contributed by atoms with Crippen LogP contribution in [0.1, 0.15) is 57.1 Å². The lowest BCUT2D eigenvalue weighted by Gasteiger charge is -2.27. The quantitative estimate of drug-likeness (QED) is 0.330. The molecular weight excluding hydrogens is 541 g/mol. The van der Waals surface area contributed by atoms with Crippen molar-refractivity contribution in [3.8, 4) is 11.8 Å². The van der Waals surface area contributed by atoms with Gasteiger partial charge in [0.15, 0.2) is 0 Å². The average molecular weight is 579 g/mol. The number of nitrogens with zero attached hydrogens (tertiary/aromatic N) is 3. The van der Waals surface area contributed by atoms with Crippen molar-refractivity contribution in [2.45, 2.75) is 57.1 Å². The number of amides is 1. The number of nitrogens with one attached hydrogen (secondary N) is 1. The van der Waals surface area contributed by atoms with E-state index in [-0.39, 0.29) is 11.9 Å². The lowest BCUT2D eigenvalue weighted by Crippen LogP contribution is -2.38. The highest BCUT2D eigenvalue weighted by Gasteiger charge is 2.21. The van der Waals surface area contributed by atoms with Crippen molar-refractivity contribution in [3.63, 3.8) is 0 Å². The molecule has 40 heavy (non-hydrogen) atoms. The van der Waals surface area contributed by atoms with Crippen LogP contribution in [0.25, 0.3) is 0 Å². The summed E-state index contributed by atoms with van der Waals surface area (Å²) in [6.45, 7) is 7.46. The first kappa shape index (κ1) is 30.1. The highest BCUT2D eigenvalue weighted by atomic mass is 32.2. The van der Waals surface area contributed by atoms with E-state index in [0.29, 0.717) is 37.4 Å². The molecule has 0 bridgehead atoms. The molecule has 1 aromatic heterocycles. The molecule has 7 nitrogen and oxygen atoms in total. The molecule has 0 radical (unpaired) electrons. The summed E-state index contributed by atoms with van der Waals surface area (Å²) in [7, 11) is 1.58. The third kappa shape index (κ3) is 8.09. The minimum atomic E-state index is -0.0706. The Balaban J connectivity index is 1.42. The summed E-state index contributed by atoms with van der Waals surface area (Å²) in [6.07, 6.45) is 2.53. The molecule has 1 amide bonds. The second kappa shape index (κ2) is 14.7. The van der Waals surface area contributed by atoms with Gasteiger partial charge in [0.05, 0.1) is 17.6 Å². The van der Waals surface area contributed by atoms with E-state index in [4.69, 9.17) is 4.74 Å². The highest BCUT2D eigenvalue weighted by molar-refractivity contribution is 7.99. The van der Waals surface area contributed by atoms with E-state index in [9.17, 15) is 15.3 Å². The Bertz CT molecular complexity index is 1320. The molecule has 4 rings (SSSR count). The van der Waals surface area contributed by atoms with Crippen LogP contribution in [0, 0.1) is 11.3 Å². The minimum Gasteiger partial charge on any atom is -0.495 e. The Labute approximate surface area is 245 Å². The Morgan fingerprint density at radius 1 is 1.18 bits per heavy atom. The molecule has 0 saturated carbocycles. The van der Waals surface area contributed by atoms with Crippen LogP contribution < -0.4 is 10.1 Å². The molecule has 1 atom stereocenters. The molecule has 2 aromatic carbocycles. The topological polar surface area (TPSA) is 88.8 Å². The van der Waals surface area contributed by atoms with Gasteiger partial charge in [0, 0.05) is 42.0 Å². The number of carbonyl (C=O) groups excluding carboxylic acids is 1. The van der Waals surface area contributed by atoms with Gasteiger partial charge < -0.3 is 15.3 Å². The smallest absolute Gasteiger partial charge is 0.261 e. The van der Waals surface area contributed by atoms with E-state index in [0.717, 1.165) is 53.3 Å². The highest BCUT2D eigenvalue weighted by Crippen LogP contribution is 2.27. The van der Waals surface area contributed by atoms with Gasteiger partial charge >= 0.3 is 0 Å². The van der Waals surface area contributed by atoms with Gasteiger partial charge in [0.2, 0.25) is 0 Å². The van der Waals surface area contributed by atoms with E-state index in [2.05, 4.69) is 47.5 Å². The van der Waals surface area contributed by atoms with Crippen molar-refractivity contribution in [1.82, 2.24) is 15.3 Å². The first-order chi connectivity index (χ1) is 19.4. The van der Waals surface area contributed by atoms with Gasteiger partial charge in [-0.25, -0.2) is 0 Å². The number of hydrogen-bond acceptors (Lipinski definition) is 8. The number of nitriles is 1. The van der Waals surface area contributed by atoms with Gasteiger partial charge in [-0.1, -0.05) is 25.1 Å². The predicted molar refractivity (Wildman–Crippen MR) is 161 cm³/mol. The Morgan fingerprint density at radius 2 is 1.95 bits per heavy atom. The second-order valence-electron chi connectivity index (χ2n) is 10.1. The van der Waals surface area contributed by atoms with Crippen LogP contribution >= 0.6 is 23.1 Å². The van der Waals surface area contributed by atoms with Crippen LogP contribution in [0.3, 0.4) is 0 Å². The van der Waals surface area contributed by atoms with E-state index < -0.39 is 0 Å². The zero-order valence-corrected chi connectivity index (χ0v) is 25.1. The van der Waals surface area contributed by atoms with Crippen LogP contribution in [0.2, 0.25) is 0 Å². The summed E-state index contributed by atoms with van der Waals surface area (Å²) in [5.74, 6) is 1.56. The number of hydroxylamine groups is 2. The first-order valence-electron chi connectivity index (χ1n) is 13.8. The first-order valence-corrected chi connectivity index (χ1v) is 15.6. The molecule has 9 heteroatoms. The maximum Gasteiger partial charge on any atom is 0.261 e. The van der Waals surface area contributed by atoms with E-state index in [1.807, 2.05) is 25.1 Å². The van der Waals surface area contributed by atoms with E-state index in [1.165, 1.54) is 14.8 Å². The van der Waals surface area contributed by atoms with Gasteiger partial charge in [-0.2, -0.15) is 10.3 Å². The predicted octanol–water partition coefficient (Wildman–Crippen LogP) is 5.74. The van der Waals surface area contributed by atoms with Crippen LogP contribution in [0.4, 0.5) is 0 Å². The fourth-order valence-electron chi connectivity index (χ4n) is 4.91. The maximum absolute atomic E-state index is 13.1. The average Bonchev–Trinajstić information content (AvgIpc) is 3.36. The van der Waals surface area contributed by atoms with Crippen molar-refractivity contribution >= 4 is 29.0 Å². The largest absolute Gasteiger partial charge is 0.495 e. The zero-order chi connectivity index (χ0) is 28.5. The number of rotatable bonds is 8. The molecule has 0 fully saturated rings. The summed E-state index contributed by atoms with van der Waals surface area (Å²) < 4.78 is 5.39. The summed E-state index contributed by atoms with van der Waals surface area (Å²) in [5, 5.41) is 24.6. The Morgan fingerprint density at radius 3 is 2.67 bits per heavy atom. The lowest BCUT2D eigenvalue weighted by molar-refractivity contribution is -0.124. The molecule has 2 N–H and O–H groups in total. The summed E-state index contributed by atoms with van der Waals surface area (Å²) in [6, 6.07) is 18.1. The summed E-state index contributed by atoms with van der Waals surface area (Å²) in [4.78, 5) is 18.6. The van der Waals surface area contributed by atoms with Crippen molar-refractivity contribution in [2.75, 3.05) is 32.5 Å². The summed E-state index contributed by atoms with van der Waals surface area (Å²) in [5.41, 5.74) is 3.82. The molecule has 2 heterocycles. The van der Waals surface area contributed by atoms with Crippen LogP contribution in [-0.2, 0) is 25.9 Å². The van der Waals surface area contributed by atoms with Crippen molar-refractivity contribution in [3.05, 3.63) is 80.5 Å². The molecule has 0 aliphatic carbocycles. The Hall–Kier alpha value is -2.87. The van der Waals surface area contributed by atoms with Crippen molar-refractivity contribution in [1.29, 1.82) is 5.26 Å². The van der Waals surface area contributed by atoms with Crippen molar-refractivity contribution in [2.24, 2.45) is 0 Å². The Kier molecular flexibility index (Phi) is 11.0. The van der Waals surface area contributed by atoms with Gasteiger partial charge in [0.1, 0.15) is 11.8 Å². The van der Waals surface area contributed by atoms with E-state index >= 15 is 0 Å². The van der Waals surface area contributed by atoms with Crippen LogP contribution in [-0.4, -0.2) is 59.6 Å². The molecule has 212 valence electrons. The standard InChI is InChI=1S/C31H38N4O3S2/c1-4-39-27-11-8-23(9-12-27)20-33-31(36)30-18-26-16-22(2)35(37)15-14-34(13-5-6-29(26)40-30)21-24-7-10-25(19-32)28(17-24)38-3/h7-12,17-18,22,37H,4-6,13-16,20-21H2,1-3H3,(H,33,36). The SMILES string of the molecule is CCSc1ccc(CNC(=O)c2cc3c(s2)CCCN(Cc2ccc(C#N)c(OC)c2)CCN(O)C(C)C3)cc1. The summed E-state index contributed by atoms with van der Waals surface area (Å²) >= 11 is 3.38. The molecule has 1 unspecified atom stereocenters. The number of carbonyl (C=O) groups is 1. The molecule has 1 aliphatic rings.